The molecule has 4 nitrogen and oxygen atoms in total. The highest BCUT2D eigenvalue weighted by Crippen LogP contribution is 2.21. The Morgan fingerprint density at radius 2 is 1.86 bits per heavy atom. The molecular formula is C24H19N3O. The van der Waals surface area contributed by atoms with Crippen molar-refractivity contribution in [2.24, 2.45) is 0 Å². The molecular weight excluding hydrogens is 346 g/mol. The highest BCUT2D eigenvalue weighted by molar-refractivity contribution is 5.90. The average Bonchev–Trinajstić information content (AvgIpc) is 3.15. The molecule has 3 aromatic carbocycles. The molecule has 0 aliphatic carbocycles. The number of imidazole rings is 1. The van der Waals surface area contributed by atoms with Crippen molar-refractivity contribution in [2.45, 2.75) is 13.5 Å². The van der Waals surface area contributed by atoms with E-state index in [0.29, 0.717) is 18.0 Å². The molecule has 0 aliphatic rings. The van der Waals surface area contributed by atoms with Crippen molar-refractivity contribution in [1.29, 1.82) is 5.26 Å². The highest BCUT2D eigenvalue weighted by Gasteiger charge is 2.08. The molecule has 136 valence electrons. The molecule has 0 amide bonds. The summed E-state index contributed by atoms with van der Waals surface area (Å²) in [4.78, 5) is 7.76. The normalized spacial score (nSPS) is 11.4. The molecule has 0 atom stereocenters. The molecule has 1 aromatic heterocycles. The Morgan fingerprint density at radius 1 is 1.07 bits per heavy atom. The van der Waals surface area contributed by atoms with Gasteiger partial charge in [-0.3, -0.25) is 0 Å². The first-order valence-corrected chi connectivity index (χ1v) is 9.06. The SMILES string of the molecule is Cc1ccc2nc(C(C#N)=Cc3ccc(OCc4ccccc4)cc3)[nH]c2c1. The molecule has 0 unspecified atom stereocenters. The first kappa shape index (κ1) is 17.6. The Morgan fingerprint density at radius 3 is 2.61 bits per heavy atom. The van der Waals surface area contributed by atoms with Gasteiger partial charge in [-0.15, -0.1) is 0 Å². The molecule has 1 heterocycles. The Labute approximate surface area is 163 Å². The molecule has 1 N–H and O–H groups in total. The molecule has 0 spiro atoms. The standard InChI is InChI=1S/C24H19N3O/c1-17-7-12-22-23(13-17)27-24(26-22)20(15-25)14-18-8-10-21(11-9-18)28-16-19-5-3-2-4-6-19/h2-14H,16H2,1H3,(H,26,27). The summed E-state index contributed by atoms with van der Waals surface area (Å²) in [6, 6.07) is 26.0. The molecule has 0 saturated carbocycles. The predicted molar refractivity (Wildman–Crippen MR) is 112 cm³/mol. The number of fused-ring (bicyclic) bond motifs is 1. The number of aryl methyl sites for hydroxylation is 1. The fourth-order valence-corrected chi connectivity index (χ4v) is 2.97. The Kier molecular flexibility index (Phi) is 4.90. The van der Waals surface area contributed by atoms with Crippen molar-refractivity contribution in [1.82, 2.24) is 9.97 Å². The number of nitrogens with zero attached hydrogens (tertiary/aromatic N) is 2. The van der Waals surface area contributed by atoms with E-state index in [1.54, 1.807) is 0 Å². The van der Waals surface area contributed by atoms with E-state index in [-0.39, 0.29) is 0 Å². The van der Waals surface area contributed by atoms with Gasteiger partial charge in [0.1, 0.15) is 24.3 Å². The molecule has 0 aliphatic heterocycles. The number of rotatable bonds is 5. The van der Waals surface area contributed by atoms with Gasteiger partial charge in [0.15, 0.2) is 0 Å². The van der Waals surface area contributed by atoms with Crippen molar-refractivity contribution in [3.05, 3.63) is 95.3 Å². The van der Waals surface area contributed by atoms with Crippen molar-refractivity contribution in [3.63, 3.8) is 0 Å². The van der Waals surface area contributed by atoms with Gasteiger partial charge in [-0.1, -0.05) is 48.5 Å². The number of hydrogen-bond acceptors (Lipinski definition) is 3. The minimum absolute atomic E-state index is 0.492. The van der Waals surface area contributed by atoms with Crippen LogP contribution in [0.4, 0.5) is 0 Å². The summed E-state index contributed by atoms with van der Waals surface area (Å²) >= 11 is 0. The van der Waals surface area contributed by atoms with Gasteiger partial charge in [0.25, 0.3) is 0 Å². The molecule has 4 heteroatoms. The number of aromatic amines is 1. The van der Waals surface area contributed by atoms with Crippen LogP contribution >= 0.6 is 0 Å². The highest BCUT2D eigenvalue weighted by atomic mass is 16.5. The van der Waals surface area contributed by atoms with E-state index in [1.807, 2.05) is 85.8 Å². The van der Waals surface area contributed by atoms with Crippen molar-refractivity contribution >= 4 is 22.7 Å². The van der Waals surface area contributed by atoms with Crippen LogP contribution in [0.2, 0.25) is 0 Å². The Balaban J connectivity index is 1.52. The van der Waals surface area contributed by atoms with E-state index in [9.17, 15) is 5.26 Å². The molecule has 4 rings (SSSR count). The van der Waals surface area contributed by atoms with Crippen LogP contribution in [-0.4, -0.2) is 9.97 Å². The minimum atomic E-state index is 0.492. The van der Waals surface area contributed by atoms with Gasteiger partial charge in [-0.05, 0) is 54.0 Å². The zero-order valence-corrected chi connectivity index (χ0v) is 15.5. The van der Waals surface area contributed by atoms with Crippen LogP contribution in [0.25, 0.3) is 22.7 Å². The number of nitriles is 1. The van der Waals surface area contributed by atoms with Gasteiger partial charge in [-0.25, -0.2) is 4.98 Å². The lowest BCUT2D eigenvalue weighted by atomic mass is 10.1. The smallest absolute Gasteiger partial charge is 0.149 e. The third kappa shape index (κ3) is 3.94. The first-order chi connectivity index (χ1) is 13.7. The van der Waals surface area contributed by atoms with Crippen LogP contribution in [0.1, 0.15) is 22.5 Å². The van der Waals surface area contributed by atoms with E-state index in [2.05, 4.69) is 16.0 Å². The maximum Gasteiger partial charge on any atom is 0.149 e. The zero-order valence-electron chi connectivity index (χ0n) is 15.5. The minimum Gasteiger partial charge on any atom is -0.489 e. The third-order valence-corrected chi connectivity index (χ3v) is 4.45. The second-order valence-electron chi connectivity index (χ2n) is 6.62. The van der Waals surface area contributed by atoms with E-state index < -0.39 is 0 Å². The number of allylic oxidation sites excluding steroid dienone is 1. The number of ether oxygens (including phenoxy) is 1. The largest absolute Gasteiger partial charge is 0.489 e. The van der Waals surface area contributed by atoms with E-state index >= 15 is 0 Å². The van der Waals surface area contributed by atoms with Gasteiger partial charge in [0.05, 0.1) is 16.6 Å². The second-order valence-corrected chi connectivity index (χ2v) is 6.62. The molecule has 4 aromatic rings. The van der Waals surface area contributed by atoms with Gasteiger partial charge in [-0.2, -0.15) is 5.26 Å². The number of hydrogen-bond donors (Lipinski definition) is 1. The summed E-state index contributed by atoms with van der Waals surface area (Å²) < 4.78 is 5.81. The average molecular weight is 365 g/mol. The summed E-state index contributed by atoms with van der Waals surface area (Å²) in [5, 5.41) is 9.58. The monoisotopic (exact) mass is 365 g/mol. The predicted octanol–water partition coefficient (Wildman–Crippen LogP) is 5.51. The summed E-state index contributed by atoms with van der Waals surface area (Å²) in [6.45, 7) is 2.56. The Bertz CT molecular complexity index is 1170. The van der Waals surface area contributed by atoms with Crippen LogP contribution in [-0.2, 0) is 6.61 Å². The molecule has 28 heavy (non-hydrogen) atoms. The lowest BCUT2D eigenvalue weighted by Crippen LogP contribution is -1.94. The van der Waals surface area contributed by atoms with Gasteiger partial charge in [0.2, 0.25) is 0 Å². The quantitative estimate of drug-likeness (QED) is 0.474. The second kappa shape index (κ2) is 7.81. The van der Waals surface area contributed by atoms with E-state index in [4.69, 9.17) is 4.74 Å². The van der Waals surface area contributed by atoms with Crippen LogP contribution in [0, 0.1) is 18.3 Å². The van der Waals surface area contributed by atoms with Crippen molar-refractivity contribution in [2.75, 3.05) is 0 Å². The number of nitrogens with one attached hydrogen (secondary N) is 1. The van der Waals surface area contributed by atoms with Gasteiger partial charge >= 0.3 is 0 Å². The van der Waals surface area contributed by atoms with Crippen LogP contribution in [0.3, 0.4) is 0 Å². The molecule has 0 bridgehead atoms. The molecule has 0 saturated heterocycles. The summed E-state index contributed by atoms with van der Waals surface area (Å²) in [5.41, 5.74) is 5.47. The maximum atomic E-state index is 9.58. The van der Waals surface area contributed by atoms with Gasteiger partial charge < -0.3 is 9.72 Å². The fraction of sp³-hybridized carbons (Fsp3) is 0.0833. The van der Waals surface area contributed by atoms with Crippen molar-refractivity contribution < 1.29 is 4.74 Å². The van der Waals surface area contributed by atoms with E-state index in [1.165, 1.54) is 0 Å². The molecule has 0 fully saturated rings. The van der Waals surface area contributed by atoms with Gasteiger partial charge in [0, 0.05) is 0 Å². The van der Waals surface area contributed by atoms with Crippen molar-refractivity contribution in [3.8, 4) is 11.8 Å². The molecule has 0 radical (unpaired) electrons. The maximum absolute atomic E-state index is 9.58. The van der Waals surface area contributed by atoms with E-state index in [0.717, 1.165) is 33.5 Å². The number of aromatic nitrogens is 2. The lowest BCUT2D eigenvalue weighted by molar-refractivity contribution is 0.306. The summed E-state index contributed by atoms with van der Waals surface area (Å²) in [6.07, 6.45) is 1.82. The first-order valence-electron chi connectivity index (χ1n) is 9.06. The van der Waals surface area contributed by atoms with Crippen LogP contribution in [0.15, 0.2) is 72.8 Å². The fourth-order valence-electron chi connectivity index (χ4n) is 2.97. The summed E-state index contributed by atoms with van der Waals surface area (Å²) in [7, 11) is 0. The summed E-state index contributed by atoms with van der Waals surface area (Å²) in [5.74, 6) is 1.37. The third-order valence-electron chi connectivity index (χ3n) is 4.45. The lowest BCUT2D eigenvalue weighted by Gasteiger charge is -2.06. The number of H-pyrrole nitrogens is 1. The van der Waals surface area contributed by atoms with Crippen LogP contribution in [0.5, 0.6) is 5.75 Å². The van der Waals surface area contributed by atoms with Crippen LogP contribution < -0.4 is 4.74 Å². The topological polar surface area (TPSA) is 61.7 Å². The number of benzene rings is 3. The Hall–Kier alpha value is -3.84. The zero-order chi connectivity index (χ0) is 19.3.